The van der Waals surface area contributed by atoms with Gasteiger partial charge in [0, 0.05) is 44.5 Å². The molecule has 2 aliphatic rings. The van der Waals surface area contributed by atoms with E-state index in [-0.39, 0.29) is 0 Å². The highest BCUT2D eigenvalue weighted by Crippen LogP contribution is 2.19. The zero-order valence-corrected chi connectivity index (χ0v) is 14.1. The van der Waals surface area contributed by atoms with Gasteiger partial charge in [-0.1, -0.05) is 12.1 Å². The molecule has 122 valence electrons. The predicted octanol–water partition coefficient (Wildman–Crippen LogP) is 1.62. The van der Waals surface area contributed by atoms with Crippen LogP contribution in [-0.2, 0) is 6.54 Å². The fraction of sp³-hybridized carbons (Fsp3) is 0.667. The van der Waals surface area contributed by atoms with Gasteiger partial charge in [-0.15, -0.1) is 0 Å². The summed E-state index contributed by atoms with van der Waals surface area (Å²) < 4.78 is 0. The molecule has 2 heterocycles. The number of piperidine rings is 1. The molecular weight excluding hydrogens is 272 g/mol. The highest BCUT2D eigenvalue weighted by Gasteiger charge is 2.18. The maximum Gasteiger partial charge on any atom is 0.0367 e. The van der Waals surface area contributed by atoms with Crippen molar-refractivity contribution in [1.82, 2.24) is 15.1 Å². The summed E-state index contributed by atoms with van der Waals surface area (Å²) in [6.07, 6.45) is 2.55. The van der Waals surface area contributed by atoms with Gasteiger partial charge in [0.25, 0.3) is 0 Å². The molecule has 1 N–H and O–H groups in total. The second-order valence-corrected chi connectivity index (χ2v) is 6.80. The molecule has 4 heteroatoms. The summed E-state index contributed by atoms with van der Waals surface area (Å²) in [6, 6.07) is 9.97. The van der Waals surface area contributed by atoms with Crippen molar-refractivity contribution >= 4 is 5.69 Å². The van der Waals surface area contributed by atoms with Gasteiger partial charge in [-0.2, -0.15) is 0 Å². The van der Waals surface area contributed by atoms with E-state index in [0.717, 1.165) is 25.7 Å². The Kier molecular flexibility index (Phi) is 5.34. The molecule has 4 nitrogen and oxygen atoms in total. The van der Waals surface area contributed by atoms with Gasteiger partial charge in [0.2, 0.25) is 0 Å². The molecule has 0 unspecified atom stereocenters. The van der Waals surface area contributed by atoms with Crippen LogP contribution in [0.3, 0.4) is 0 Å². The number of nitrogens with one attached hydrogen (secondary N) is 1. The highest BCUT2D eigenvalue weighted by molar-refractivity contribution is 5.48. The Hall–Kier alpha value is -1.10. The van der Waals surface area contributed by atoms with Gasteiger partial charge in [-0.3, -0.25) is 4.90 Å². The molecule has 1 aromatic rings. The number of benzene rings is 1. The molecule has 0 amide bonds. The third kappa shape index (κ3) is 4.00. The molecule has 0 aliphatic carbocycles. The van der Waals surface area contributed by atoms with Crippen molar-refractivity contribution in [2.24, 2.45) is 0 Å². The van der Waals surface area contributed by atoms with Crippen LogP contribution < -0.4 is 10.2 Å². The van der Waals surface area contributed by atoms with E-state index in [1.165, 1.54) is 50.3 Å². The number of anilines is 1. The Morgan fingerprint density at radius 3 is 2.18 bits per heavy atom. The Labute approximate surface area is 135 Å². The lowest BCUT2D eigenvalue weighted by atomic mass is 10.0. The minimum Gasteiger partial charge on any atom is -0.369 e. The Bertz CT molecular complexity index is 443. The van der Waals surface area contributed by atoms with Crippen molar-refractivity contribution in [3.8, 4) is 0 Å². The monoisotopic (exact) mass is 302 g/mol. The molecule has 0 atom stereocenters. The van der Waals surface area contributed by atoms with Crippen LogP contribution in [0.4, 0.5) is 5.69 Å². The lowest BCUT2D eigenvalue weighted by Gasteiger charge is -2.34. The first kappa shape index (κ1) is 15.8. The average molecular weight is 302 g/mol. The number of likely N-dealkylation sites (tertiary alicyclic amines) is 1. The summed E-state index contributed by atoms with van der Waals surface area (Å²) in [6.45, 7) is 8.15. The predicted molar refractivity (Wildman–Crippen MR) is 93.5 cm³/mol. The minimum atomic E-state index is 0.718. The highest BCUT2D eigenvalue weighted by atomic mass is 15.2. The molecular formula is C18H30N4. The quantitative estimate of drug-likeness (QED) is 0.912. The first-order chi connectivity index (χ1) is 10.7. The lowest BCUT2D eigenvalue weighted by molar-refractivity contribution is 0.194. The van der Waals surface area contributed by atoms with E-state index in [0.29, 0.717) is 0 Å². The maximum absolute atomic E-state index is 3.40. The van der Waals surface area contributed by atoms with Crippen molar-refractivity contribution in [3.63, 3.8) is 0 Å². The number of piperazine rings is 1. The van der Waals surface area contributed by atoms with Crippen LogP contribution in [-0.4, -0.2) is 69.2 Å². The molecule has 0 bridgehead atoms. The number of hydrogen-bond donors (Lipinski definition) is 1. The summed E-state index contributed by atoms with van der Waals surface area (Å²) >= 11 is 0. The third-order valence-electron chi connectivity index (χ3n) is 5.21. The Morgan fingerprint density at radius 2 is 1.59 bits per heavy atom. The molecule has 0 radical (unpaired) electrons. The SMILES string of the molecule is CNC1CCN(Cc2ccc(N3CCN(C)CC3)cc2)CC1. The molecule has 1 aromatic carbocycles. The van der Waals surface area contributed by atoms with E-state index in [1.807, 2.05) is 0 Å². The molecule has 2 saturated heterocycles. The molecule has 0 aromatic heterocycles. The fourth-order valence-corrected chi connectivity index (χ4v) is 3.51. The normalized spacial score (nSPS) is 22.2. The van der Waals surface area contributed by atoms with Gasteiger partial charge in [0.05, 0.1) is 0 Å². The smallest absolute Gasteiger partial charge is 0.0367 e. The lowest BCUT2D eigenvalue weighted by Crippen LogP contribution is -2.44. The molecule has 3 rings (SSSR count). The first-order valence-electron chi connectivity index (χ1n) is 8.66. The standard InChI is InChI=1S/C18H30N4/c1-19-17-7-9-21(10-8-17)15-16-3-5-18(6-4-16)22-13-11-20(2)12-14-22/h3-6,17,19H,7-15H2,1-2H3. The van der Waals surface area contributed by atoms with Crippen LogP contribution in [0.1, 0.15) is 18.4 Å². The van der Waals surface area contributed by atoms with E-state index in [4.69, 9.17) is 0 Å². The van der Waals surface area contributed by atoms with E-state index < -0.39 is 0 Å². The Balaban J connectivity index is 1.51. The van der Waals surface area contributed by atoms with Crippen LogP contribution in [0.2, 0.25) is 0 Å². The third-order valence-corrected chi connectivity index (χ3v) is 5.21. The van der Waals surface area contributed by atoms with Gasteiger partial charge in [-0.05, 0) is 57.7 Å². The number of nitrogens with zero attached hydrogens (tertiary/aromatic N) is 3. The van der Waals surface area contributed by atoms with Crippen LogP contribution >= 0.6 is 0 Å². The summed E-state index contributed by atoms with van der Waals surface area (Å²) in [5, 5.41) is 3.40. The summed E-state index contributed by atoms with van der Waals surface area (Å²) in [5.41, 5.74) is 2.83. The molecule has 22 heavy (non-hydrogen) atoms. The molecule has 0 spiro atoms. The Morgan fingerprint density at radius 1 is 0.955 bits per heavy atom. The van der Waals surface area contributed by atoms with E-state index in [2.05, 4.69) is 58.4 Å². The molecule has 2 fully saturated rings. The minimum absolute atomic E-state index is 0.718. The topological polar surface area (TPSA) is 21.8 Å². The molecule has 0 saturated carbocycles. The largest absolute Gasteiger partial charge is 0.369 e. The number of hydrogen-bond acceptors (Lipinski definition) is 4. The van der Waals surface area contributed by atoms with Gasteiger partial charge in [0.1, 0.15) is 0 Å². The van der Waals surface area contributed by atoms with Gasteiger partial charge >= 0.3 is 0 Å². The van der Waals surface area contributed by atoms with Gasteiger partial charge < -0.3 is 15.1 Å². The van der Waals surface area contributed by atoms with Crippen LogP contribution in [0, 0.1) is 0 Å². The van der Waals surface area contributed by atoms with E-state index in [1.54, 1.807) is 0 Å². The fourth-order valence-electron chi connectivity index (χ4n) is 3.51. The molecule has 2 aliphatic heterocycles. The van der Waals surface area contributed by atoms with Gasteiger partial charge in [-0.25, -0.2) is 0 Å². The summed E-state index contributed by atoms with van der Waals surface area (Å²) in [4.78, 5) is 7.49. The number of likely N-dealkylation sites (N-methyl/N-ethyl adjacent to an activating group) is 1. The van der Waals surface area contributed by atoms with Crippen molar-refractivity contribution < 1.29 is 0 Å². The average Bonchev–Trinajstić information content (AvgIpc) is 2.57. The van der Waals surface area contributed by atoms with Crippen LogP contribution in [0.15, 0.2) is 24.3 Å². The van der Waals surface area contributed by atoms with Crippen molar-refractivity contribution in [3.05, 3.63) is 29.8 Å². The maximum atomic E-state index is 3.40. The zero-order chi connectivity index (χ0) is 15.4. The first-order valence-corrected chi connectivity index (χ1v) is 8.66. The van der Waals surface area contributed by atoms with Gasteiger partial charge in [0.15, 0.2) is 0 Å². The van der Waals surface area contributed by atoms with E-state index in [9.17, 15) is 0 Å². The van der Waals surface area contributed by atoms with Crippen molar-refractivity contribution in [2.75, 3.05) is 58.3 Å². The summed E-state index contributed by atoms with van der Waals surface area (Å²) in [7, 11) is 4.29. The summed E-state index contributed by atoms with van der Waals surface area (Å²) in [5.74, 6) is 0. The number of rotatable bonds is 4. The van der Waals surface area contributed by atoms with E-state index >= 15 is 0 Å². The van der Waals surface area contributed by atoms with Crippen molar-refractivity contribution in [2.45, 2.75) is 25.4 Å². The van der Waals surface area contributed by atoms with Crippen LogP contribution in [0.5, 0.6) is 0 Å². The zero-order valence-electron chi connectivity index (χ0n) is 14.1. The van der Waals surface area contributed by atoms with Crippen molar-refractivity contribution in [1.29, 1.82) is 0 Å². The second kappa shape index (κ2) is 7.44. The second-order valence-electron chi connectivity index (χ2n) is 6.80. The van der Waals surface area contributed by atoms with Crippen LogP contribution in [0.25, 0.3) is 0 Å².